The van der Waals surface area contributed by atoms with Crippen LogP contribution in [0.1, 0.15) is 5.56 Å². The second kappa shape index (κ2) is 5.17. The van der Waals surface area contributed by atoms with Gasteiger partial charge in [-0.3, -0.25) is 4.68 Å². The molecule has 1 aromatic heterocycles. The van der Waals surface area contributed by atoms with Crippen molar-refractivity contribution in [2.75, 3.05) is 5.73 Å². The van der Waals surface area contributed by atoms with Gasteiger partial charge in [0, 0.05) is 21.7 Å². The zero-order valence-electron chi connectivity index (χ0n) is 10.3. The lowest BCUT2D eigenvalue weighted by Crippen LogP contribution is -2.03. The molecule has 0 saturated heterocycles. The van der Waals surface area contributed by atoms with Gasteiger partial charge in [-0.15, -0.1) is 0 Å². The standard InChI is InChI=1S/C14H10Cl3N3/c15-11-3-4-12(16)14(17)10(11)7-20-13-5-9(18)2-1-8(13)6-19-20/h1-6H,7,18H2. The third-order valence-corrected chi connectivity index (χ3v) is 4.31. The van der Waals surface area contributed by atoms with Crippen LogP contribution in [0.3, 0.4) is 0 Å². The Morgan fingerprint density at radius 3 is 2.60 bits per heavy atom. The summed E-state index contributed by atoms with van der Waals surface area (Å²) in [6.45, 7) is 0.436. The number of fused-ring (bicyclic) bond motifs is 1. The van der Waals surface area contributed by atoms with Gasteiger partial charge in [-0.2, -0.15) is 5.10 Å². The van der Waals surface area contributed by atoms with E-state index in [0.29, 0.717) is 27.3 Å². The molecule has 6 heteroatoms. The van der Waals surface area contributed by atoms with E-state index in [2.05, 4.69) is 5.10 Å². The van der Waals surface area contributed by atoms with Crippen molar-refractivity contribution in [1.29, 1.82) is 0 Å². The largest absolute Gasteiger partial charge is 0.399 e. The van der Waals surface area contributed by atoms with Crippen LogP contribution in [-0.2, 0) is 6.54 Å². The lowest BCUT2D eigenvalue weighted by atomic mass is 10.2. The lowest BCUT2D eigenvalue weighted by Gasteiger charge is -2.10. The molecule has 0 unspecified atom stereocenters. The second-order valence-corrected chi connectivity index (χ2v) is 5.63. The first kappa shape index (κ1) is 13.6. The first-order valence-corrected chi connectivity index (χ1v) is 7.03. The summed E-state index contributed by atoms with van der Waals surface area (Å²) in [6.07, 6.45) is 1.78. The van der Waals surface area contributed by atoms with E-state index in [9.17, 15) is 0 Å². The molecule has 0 atom stereocenters. The van der Waals surface area contributed by atoms with Crippen molar-refractivity contribution in [3.63, 3.8) is 0 Å². The van der Waals surface area contributed by atoms with Gasteiger partial charge in [0.1, 0.15) is 0 Å². The quantitative estimate of drug-likeness (QED) is 0.551. The van der Waals surface area contributed by atoms with Crippen molar-refractivity contribution in [3.8, 4) is 0 Å². The molecule has 20 heavy (non-hydrogen) atoms. The van der Waals surface area contributed by atoms with E-state index in [1.165, 1.54) is 0 Å². The Morgan fingerprint density at radius 1 is 1.05 bits per heavy atom. The SMILES string of the molecule is Nc1ccc2cnn(Cc3c(Cl)ccc(Cl)c3Cl)c2c1. The van der Waals surface area contributed by atoms with Crippen LogP contribution in [0, 0.1) is 0 Å². The van der Waals surface area contributed by atoms with Gasteiger partial charge in [0.2, 0.25) is 0 Å². The summed E-state index contributed by atoms with van der Waals surface area (Å²) in [5, 5.41) is 6.84. The molecule has 0 aliphatic rings. The normalized spacial score (nSPS) is 11.2. The minimum atomic E-state index is 0.436. The third-order valence-electron chi connectivity index (χ3n) is 3.12. The maximum atomic E-state index is 6.22. The van der Waals surface area contributed by atoms with Crippen LogP contribution in [0.15, 0.2) is 36.5 Å². The number of halogens is 3. The lowest BCUT2D eigenvalue weighted by molar-refractivity contribution is 0.712. The van der Waals surface area contributed by atoms with E-state index in [0.717, 1.165) is 16.5 Å². The van der Waals surface area contributed by atoms with Gasteiger partial charge in [0.15, 0.2) is 0 Å². The predicted octanol–water partition coefficient (Wildman–Crippen LogP) is 4.63. The number of rotatable bonds is 2. The maximum Gasteiger partial charge on any atom is 0.0706 e. The van der Waals surface area contributed by atoms with Gasteiger partial charge in [-0.1, -0.05) is 34.8 Å². The minimum Gasteiger partial charge on any atom is -0.399 e. The number of aromatic nitrogens is 2. The summed E-state index contributed by atoms with van der Waals surface area (Å²) in [5.41, 5.74) is 8.17. The molecular formula is C14H10Cl3N3. The van der Waals surface area contributed by atoms with Gasteiger partial charge in [-0.25, -0.2) is 0 Å². The molecular weight excluding hydrogens is 317 g/mol. The Morgan fingerprint density at radius 2 is 1.80 bits per heavy atom. The number of hydrogen-bond donors (Lipinski definition) is 1. The smallest absolute Gasteiger partial charge is 0.0706 e. The third kappa shape index (κ3) is 2.33. The molecule has 0 amide bonds. The number of nitrogens with two attached hydrogens (primary N) is 1. The van der Waals surface area contributed by atoms with E-state index >= 15 is 0 Å². The van der Waals surface area contributed by atoms with Gasteiger partial charge in [0.05, 0.1) is 28.3 Å². The molecule has 0 saturated carbocycles. The first-order valence-electron chi connectivity index (χ1n) is 5.89. The molecule has 0 aliphatic heterocycles. The Hall–Kier alpha value is -1.42. The molecule has 3 nitrogen and oxygen atoms in total. The highest BCUT2D eigenvalue weighted by atomic mass is 35.5. The molecule has 0 spiro atoms. The highest BCUT2D eigenvalue weighted by molar-refractivity contribution is 6.44. The van der Waals surface area contributed by atoms with Gasteiger partial charge in [0.25, 0.3) is 0 Å². The molecule has 3 rings (SSSR count). The number of nitrogen functional groups attached to an aromatic ring is 1. The Kier molecular flexibility index (Phi) is 3.50. The fraction of sp³-hybridized carbons (Fsp3) is 0.0714. The van der Waals surface area contributed by atoms with Crippen LogP contribution in [0.25, 0.3) is 10.9 Å². The maximum absolute atomic E-state index is 6.22. The van der Waals surface area contributed by atoms with Crippen molar-refractivity contribution in [3.05, 3.63) is 57.2 Å². The summed E-state index contributed by atoms with van der Waals surface area (Å²) in [6, 6.07) is 9.04. The molecule has 0 aliphatic carbocycles. The van der Waals surface area contributed by atoms with Crippen molar-refractivity contribution in [2.45, 2.75) is 6.54 Å². The van der Waals surface area contributed by atoms with Gasteiger partial charge in [-0.05, 0) is 30.3 Å². The molecule has 2 N–H and O–H groups in total. The number of hydrogen-bond acceptors (Lipinski definition) is 2. The van der Waals surface area contributed by atoms with E-state index in [1.807, 2.05) is 18.2 Å². The minimum absolute atomic E-state index is 0.436. The highest BCUT2D eigenvalue weighted by Crippen LogP contribution is 2.32. The van der Waals surface area contributed by atoms with E-state index < -0.39 is 0 Å². The monoisotopic (exact) mass is 325 g/mol. The summed E-state index contributed by atoms with van der Waals surface area (Å²) in [7, 11) is 0. The predicted molar refractivity (Wildman–Crippen MR) is 84.7 cm³/mol. The molecule has 1 heterocycles. The van der Waals surface area contributed by atoms with E-state index in [-0.39, 0.29) is 0 Å². The average Bonchev–Trinajstić information content (AvgIpc) is 2.81. The molecule has 102 valence electrons. The van der Waals surface area contributed by atoms with Crippen LogP contribution >= 0.6 is 34.8 Å². The molecule has 3 aromatic rings. The fourth-order valence-corrected chi connectivity index (χ4v) is 2.74. The van der Waals surface area contributed by atoms with Crippen LogP contribution < -0.4 is 5.73 Å². The molecule has 0 radical (unpaired) electrons. The first-order chi connectivity index (χ1) is 9.56. The van der Waals surface area contributed by atoms with Crippen molar-refractivity contribution in [2.24, 2.45) is 0 Å². The van der Waals surface area contributed by atoms with Crippen LogP contribution in [-0.4, -0.2) is 9.78 Å². The molecule has 0 bridgehead atoms. The van der Waals surface area contributed by atoms with Gasteiger partial charge >= 0.3 is 0 Å². The van der Waals surface area contributed by atoms with Crippen LogP contribution in [0.4, 0.5) is 5.69 Å². The van der Waals surface area contributed by atoms with Crippen molar-refractivity contribution >= 4 is 51.4 Å². The molecule has 0 fully saturated rings. The summed E-state index contributed by atoms with van der Waals surface area (Å²) in [5.74, 6) is 0. The van der Waals surface area contributed by atoms with E-state index in [1.54, 1.807) is 23.0 Å². The van der Waals surface area contributed by atoms with Crippen molar-refractivity contribution in [1.82, 2.24) is 9.78 Å². The zero-order valence-corrected chi connectivity index (χ0v) is 12.5. The second-order valence-electron chi connectivity index (χ2n) is 4.44. The Labute approximate surface area is 130 Å². The number of benzene rings is 2. The van der Waals surface area contributed by atoms with E-state index in [4.69, 9.17) is 40.5 Å². The topological polar surface area (TPSA) is 43.8 Å². The molecule has 2 aromatic carbocycles. The highest BCUT2D eigenvalue weighted by Gasteiger charge is 2.12. The zero-order chi connectivity index (χ0) is 14.3. The van der Waals surface area contributed by atoms with Crippen LogP contribution in [0.5, 0.6) is 0 Å². The van der Waals surface area contributed by atoms with Gasteiger partial charge < -0.3 is 5.73 Å². The average molecular weight is 327 g/mol. The summed E-state index contributed by atoms with van der Waals surface area (Å²) >= 11 is 18.4. The Balaban J connectivity index is 2.10. The number of nitrogens with zero attached hydrogens (tertiary/aromatic N) is 2. The summed E-state index contributed by atoms with van der Waals surface area (Å²) < 4.78 is 1.80. The number of anilines is 1. The Bertz CT molecular complexity index is 796. The van der Waals surface area contributed by atoms with Crippen molar-refractivity contribution < 1.29 is 0 Å². The summed E-state index contributed by atoms with van der Waals surface area (Å²) in [4.78, 5) is 0. The van der Waals surface area contributed by atoms with Crippen LogP contribution in [0.2, 0.25) is 15.1 Å². The fourth-order valence-electron chi connectivity index (χ4n) is 2.08.